The lowest BCUT2D eigenvalue weighted by atomic mass is 9.95. The van der Waals surface area contributed by atoms with Gasteiger partial charge in [0.1, 0.15) is 0 Å². The van der Waals surface area contributed by atoms with Crippen LogP contribution in [0.5, 0.6) is 0 Å². The Morgan fingerprint density at radius 1 is 1.53 bits per heavy atom. The average Bonchev–Trinajstić information content (AvgIpc) is 2.58. The molecule has 0 amide bonds. The molecule has 0 bridgehead atoms. The molecular weight excluding hydrogens is 230 g/mol. The number of hydrogen-bond acceptors (Lipinski definition) is 2. The fourth-order valence-corrected chi connectivity index (χ4v) is 2.86. The lowest BCUT2D eigenvalue weighted by Gasteiger charge is -2.27. The fraction of sp³-hybridized carbons (Fsp3) is 0.714. The maximum absolute atomic E-state index is 10.0. The highest BCUT2D eigenvalue weighted by Crippen LogP contribution is 2.34. The SMILES string of the molecule is CSC(C)(C)Cn1c(C)cc2c1CCCC2O. The van der Waals surface area contributed by atoms with Gasteiger partial charge in [-0.3, -0.25) is 0 Å². The summed E-state index contributed by atoms with van der Waals surface area (Å²) in [4.78, 5) is 0. The van der Waals surface area contributed by atoms with Gasteiger partial charge in [-0.05, 0) is 52.4 Å². The Labute approximate surface area is 108 Å². The van der Waals surface area contributed by atoms with Gasteiger partial charge < -0.3 is 9.67 Å². The molecule has 17 heavy (non-hydrogen) atoms. The second kappa shape index (κ2) is 4.69. The number of rotatable bonds is 3. The molecule has 0 aromatic carbocycles. The largest absolute Gasteiger partial charge is 0.388 e. The molecule has 1 aliphatic rings. The van der Waals surface area contributed by atoms with Gasteiger partial charge in [0.25, 0.3) is 0 Å². The standard InChI is InChI=1S/C14H23NOS/c1-10-8-11-12(6-5-7-13(11)16)15(10)9-14(2,3)17-4/h8,13,16H,5-7,9H2,1-4H3. The van der Waals surface area contributed by atoms with Crippen molar-refractivity contribution in [1.29, 1.82) is 0 Å². The first-order chi connectivity index (χ1) is 7.94. The monoisotopic (exact) mass is 253 g/mol. The highest BCUT2D eigenvalue weighted by Gasteiger charge is 2.26. The Morgan fingerprint density at radius 3 is 2.88 bits per heavy atom. The number of thioether (sulfide) groups is 1. The van der Waals surface area contributed by atoms with Crippen molar-refractivity contribution in [2.75, 3.05) is 6.26 Å². The molecule has 3 heteroatoms. The first-order valence-corrected chi connectivity index (χ1v) is 7.59. The Bertz CT molecular complexity index is 409. The Balaban J connectivity index is 2.35. The number of hydrogen-bond donors (Lipinski definition) is 1. The van der Waals surface area contributed by atoms with Gasteiger partial charge in [0, 0.05) is 28.2 Å². The van der Waals surface area contributed by atoms with E-state index in [2.05, 4.69) is 37.7 Å². The molecule has 0 spiro atoms. The quantitative estimate of drug-likeness (QED) is 0.894. The van der Waals surface area contributed by atoms with Crippen molar-refractivity contribution in [2.45, 2.75) is 57.4 Å². The van der Waals surface area contributed by atoms with Crippen molar-refractivity contribution in [3.05, 3.63) is 23.0 Å². The van der Waals surface area contributed by atoms with Gasteiger partial charge in [-0.2, -0.15) is 11.8 Å². The van der Waals surface area contributed by atoms with Gasteiger partial charge in [0.15, 0.2) is 0 Å². The second-order valence-corrected chi connectivity index (χ2v) is 7.16. The van der Waals surface area contributed by atoms with Crippen LogP contribution in [-0.2, 0) is 13.0 Å². The number of fused-ring (bicyclic) bond motifs is 1. The fourth-order valence-electron chi connectivity index (χ4n) is 2.61. The van der Waals surface area contributed by atoms with Crippen LogP contribution in [-0.4, -0.2) is 20.7 Å². The summed E-state index contributed by atoms with van der Waals surface area (Å²) in [6.45, 7) is 7.75. The maximum atomic E-state index is 10.0. The summed E-state index contributed by atoms with van der Waals surface area (Å²) in [6, 6.07) is 2.18. The lowest BCUT2D eigenvalue weighted by Crippen LogP contribution is -2.25. The van der Waals surface area contributed by atoms with E-state index in [0.29, 0.717) is 0 Å². The Kier molecular flexibility index (Phi) is 3.60. The zero-order valence-corrected chi connectivity index (χ0v) is 12.1. The van der Waals surface area contributed by atoms with Crippen molar-refractivity contribution in [3.63, 3.8) is 0 Å². The van der Waals surface area contributed by atoms with E-state index < -0.39 is 0 Å². The van der Waals surface area contributed by atoms with Crippen LogP contribution in [0.2, 0.25) is 0 Å². The smallest absolute Gasteiger partial charge is 0.0807 e. The second-order valence-electron chi connectivity index (χ2n) is 5.65. The first kappa shape index (κ1) is 13.0. The molecule has 0 fully saturated rings. The summed E-state index contributed by atoms with van der Waals surface area (Å²) >= 11 is 1.90. The van der Waals surface area contributed by atoms with E-state index in [0.717, 1.165) is 25.8 Å². The average molecular weight is 253 g/mol. The van der Waals surface area contributed by atoms with E-state index in [9.17, 15) is 5.11 Å². The van der Waals surface area contributed by atoms with Crippen molar-refractivity contribution in [2.24, 2.45) is 0 Å². The normalized spacial score (nSPS) is 20.4. The molecule has 1 heterocycles. The van der Waals surface area contributed by atoms with Crippen LogP contribution in [0.3, 0.4) is 0 Å². The van der Waals surface area contributed by atoms with Crippen LogP contribution in [0.1, 0.15) is 49.7 Å². The molecule has 96 valence electrons. The number of aryl methyl sites for hydroxylation is 1. The molecule has 0 radical (unpaired) electrons. The van der Waals surface area contributed by atoms with E-state index in [1.165, 1.54) is 17.0 Å². The molecule has 0 saturated carbocycles. The van der Waals surface area contributed by atoms with Crippen LogP contribution < -0.4 is 0 Å². The summed E-state index contributed by atoms with van der Waals surface area (Å²) in [6.07, 6.45) is 5.07. The summed E-state index contributed by atoms with van der Waals surface area (Å²) in [5.41, 5.74) is 3.83. The van der Waals surface area contributed by atoms with Gasteiger partial charge in [0.05, 0.1) is 6.10 Å². The van der Waals surface area contributed by atoms with Crippen molar-refractivity contribution in [3.8, 4) is 0 Å². The molecular formula is C14H23NOS. The van der Waals surface area contributed by atoms with Crippen molar-refractivity contribution < 1.29 is 5.11 Å². The predicted molar refractivity (Wildman–Crippen MR) is 74.7 cm³/mol. The van der Waals surface area contributed by atoms with Gasteiger partial charge in [-0.1, -0.05) is 0 Å². The van der Waals surface area contributed by atoms with Crippen LogP contribution in [0.15, 0.2) is 6.07 Å². The zero-order chi connectivity index (χ0) is 12.6. The van der Waals surface area contributed by atoms with Gasteiger partial charge >= 0.3 is 0 Å². The van der Waals surface area contributed by atoms with Crippen LogP contribution >= 0.6 is 11.8 Å². The minimum absolute atomic E-state index is 0.240. The molecule has 2 rings (SSSR count). The predicted octanol–water partition coefficient (Wildman–Crippen LogP) is 3.31. The molecule has 1 atom stereocenters. The lowest BCUT2D eigenvalue weighted by molar-refractivity contribution is 0.155. The third-order valence-corrected chi connectivity index (χ3v) is 5.03. The van der Waals surface area contributed by atoms with Crippen molar-refractivity contribution >= 4 is 11.8 Å². The molecule has 1 unspecified atom stereocenters. The van der Waals surface area contributed by atoms with E-state index in [4.69, 9.17) is 0 Å². The minimum Gasteiger partial charge on any atom is -0.388 e. The maximum Gasteiger partial charge on any atom is 0.0807 e. The Hall–Kier alpha value is -0.410. The topological polar surface area (TPSA) is 25.2 Å². The highest BCUT2D eigenvalue weighted by molar-refractivity contribution is 7.99. The molecule has 0 saturated heterocycles. The van der Waals surface area contributed by atoms with Gasteiger partial charge in [-0.15, -0.1) is 0 Å². The third kappa shape index (κ3) is 2.55. The van der Waals surface area contributed by atoms with Crippen LogP contribution in [0, 0.1) is 6.92 Å². The minimum atomic E-state index is -0.240. The molecule has 2 nitrogen and oxygen atoms in total. The number of aliphatic hydroxyl groups excluding tert-OH is 1. The van der Waals surface area contributed by atoms with Crippen LogP contribution in [0.25, 0.3) is 0 Å². The van der Waals surface area contributed by atoms with E-state index in [-0.39, 0.29) is 10.9 Å². The van der Waals surface area contributed by atoms with Gasteiger partial charge in [0.2, 0.25) is 0 Å². The summed E-state index contributed by atoms with van der Waals surface area (Å²) < 4.78 is 2.66. The number of nitrogens with zero attached hydrogens (tertiary/aromatic N) is 1. The summed E-state index contributed by atoms with van der Waals surface area (Å²) in [7, 11) is 0. The van der Waals surface area contributed by atoms with Crippen LogP contribution in [0.4, 0.5) is 0 Å². The molecule has 1 aromatic rings. The molecule has 0 aliphatic heterocycles. The molecule has 1 N–H and O–H groups in total. The third-order valence-electron chi connectivity index (χ3n) is 3.79. The van der Waals surface area contributed by atoms with E-state index >= 15 is 0 Å². The molecule has 1 aromatic heterocycles. The number of aromatic nitrogens is 1. The zero-order valence-electron chi connectivity index (χ0n) is 11.3. The summed E-state index contributed by atoms with van der Waals surface area (Å²) in [5.74, 6) is 0. The van der Waals surface area contributed by atoms with Crippen molar-refractivity contribution in [1.82, 2.24) is 4.57 Å². The van der Waals surface area contributed by atoms with E-state index in [1.54, 1.807) is 0 Å². The van der Waals surface area contributed by atoms with Gasteiger partial charge in [-0.25, -0.2) is 0 Å². The first-order valence-electron chi connectivity index (χ1n) is 6.37. The summed E-state index contributed by atoms with van der Waals surface area (Å²) in [5, 5.41) is 10.0. The number of aliphatic hydroxyl groups is 1. The van der Waals surface area contributed by atoms with E-state index in [1.807, 2.05) is 11.8 Å². The molecule has 1 aliphatic carbocycles. The highest BCUT2D eigenvalue weighted by atomic mass is 32.2. The Morgan fingerprint density at radius 2 is 2.24 bits per heavy atom.